The predicted octanol–water partition coefficient (Wildman–Crippen LogP) is 2.72. The summed E-state index contributed by atoms with van der Waals surface area (Å²) in [4.78, 5) is 12.2. The van der Waals surface area contributed by atoms with Crippen LogP contribution in [0.2, 0.25) is 0 Å². The molecule has 7 heteroatoms. The van der Waals surface area contributed by atoms with Gasteiger partial charge in [-0.3, -0.25) is 9.36 Å². The Morgan fingerprint density at radius 3 is 2.62 bits per heavy atom. The van der Waals surface area contributed by atoms with Gasteiger partial charge >= 0.3 is 0 Å². The normalized spacial score (nSPS) is 13.3. The summed E-state index contributed by atoms with van der Waals surface area (Å²) in [6.07, 6.45) is 0. The van der Waals surface area contributed by atoms with Crippen molar-refractivity contribution in [2.75, 3.05) is 5.75 Å². The Labute approximate surface area is 146 Å². The highest BCUT2D eigenvalue weighted by Crippen LogP contribution is 2.22. The molecule has 0 saturated carbocycles. The Morgan fingerprint density at radius 2 is 2.04 bits per heavy atom. The molecule has 1 aromatic carbocycles. The van der Waals surface area contributed by atoms with Crippen LogP contribution in [0.4, 0.5) is 0 Å². The average Bonchev–Trinajstić information content (AvgIpc) is 2.94. The second-order valence-corrected chi connectivity index (χ2v) is 6.95. The molecule has 0 spiro atoms. The van der Waals surface area contributed by atoms with E-state index in [9.17, 15) is 10.1 Å². The van der Waals surface area contributed by atoms with Crippen molar-refractivity contribution in [1.29, 1.82) is 5.26 Å². The van der Waals surface area contributed by atoms with Gasteiger partial charge in [-0.1, -0.05) is 43.8 Å². The maximum atomic E-state index is 12.2. The van der Waals surface area contributed by atoms with E-state index in [1.54, 1.807) is 6.92 Å². The number of nitrogens with zero attached hydrogens (tertiary/aromatic N) is 4. The molecule has 126 valence electrons. The Bertz CT molecular complexity index is 750. The minimum atomic E-state index is -0.874. The van der Waals surface area contributed by atoms with Crippen molar-refractivity contribution in [3.63, 3.8) is 0 Å². The standard InChI is InChI=1S/C17H21N5OS/c1-12(2)17(4,11-18)19-15(23)10-24-16-21-20-13(3)22(16)14-8-6-5-7-9-14/h5-9,12H,10H2,1-4H3,(H,19,23)/t17-/m0/s1. The zero-order chi connectivity index (χ0) is 17.7. The number of nitriles is 1. The van der Waals surface area contributed by atoms with Gasteiger partial charge in [0.05, 0.1) is 11.8 Å². The number of para-hydroxylation sites is 1. The molecule has 0 aliphatic heterocycles. The first-order valence-corrected chi connectivity index (χ1v) is 8.68. The zero-order valence-electron chi connectivity index (χ0n) is 14.3. The van der Waals surface area contributed by atoms with E-state index in [4.69, 9.17) is 0 Å². The number of thioether (sulfide) groups is 1. The van der Waals surface area contributed by atoms with Crippen molar-refractivity contribution in [3.8, 4) is 11.8 Å². The van der Waals surface area contributed by atoms with E-state index in [0.29, 0.717) is 5.16 Å². The largest absolute Gasteiger partial charge is 0.337 e. The first-order valence-electron chi connectivity index (χ1n) is 7.70. The van der Waals surface area contributed by atoms with E-state index in [1.165, 1.54) is 11.8 Å². The lowest BCUT2D eigenvalue weighted by Crippen LogP contribution is -2.49. The molecule has 6 nitrogen and oxygen atoms in total. The van der Waals surface area contributed by atoms with E-state index in [-0.39, 0.29) is 17.6 Å². The Hall–Kier alpha value is -2.33. The molecule has 0 bridgehead atoms. The Morgan fingerprint density at radius 1 is 1.38 bits per heavy atom. The molecule has 24 heavy (non-hydrogen) atoms. The molecule has 2 aromatic rings. The summed E-state index contributed by atoms with van der Waals surface area (Å²) in [7, 11) is 0. The molecule has 0 radical (unpaired) electrons. The average molecular weight is 343 g/mol. The Kier molecular flexibility index (Phi) is 5.62. The first kappa shape index (κ1) is 18.0. The van der Waals surface area contributed by atoms with Crippen molar-refractivity contribution in [1.82, 2.24) is 20.1 Å². The molecule has 2 rings (SSSR count). The van der Waals surface area contributed by atoms with Crippen molar-refractivity contribution < 1.29 is 4.79 Å². The van der Waals surface area contributed by atoms with E-state index in [1.807, 2.05) is 55.7 Å². The van der Waals surface area contributed by atoms with Crippen LogP contribution in [-0.2, 0) is 4.79 Å². The fourth-order valence-corrected chi connectivity index (χ4v) is 2.87. The highest BCUT2D eigenvalue weighted by atomic mass is 32.2. The van der Waals surface area contributed by atoms with Gasteiger partial charge in [0, 0.05) is 5.69 Å². The van der Waals surface area contributed by atoms with Gasteiger partial charge < -0.3 is 5.32 Å². The second-order valence-electron chi connectivity index (χ2n) is 6.01. The molecule has 0 unspecified atom stereocenters. The van der Waals surface area contributed by atoms with E-state index in [2.05, 4.69) is 21.6 Å². The molecule has 1 atom stereocenters. The van der Waals surface area contributed by atoms with Crippen LogP contribution in [0.3, 0.4) is 0 Å². The highest BCUT2D eigenvalue weighted by molar-refractivity contribution is 7.99. The van der Waals surface area contributed by atoms with Crippen LogP contribution in [0.1, 0.15) is 26.6 Å². The van der Waals surface area contributed by atoms with Crippen LogP contribution in [0.5, 0.6) is 0 Å². The minimum absolute atomic E-state index is 0.0201. The lowest BCUT2D eigenvalue weighted by atomic mass is 9.90. The molecule has 0 fully saturated rings. The molecule has 0 aliphatic carbocycles. The van der Waals surface area contributed by atoms with Crippen molar-refractivity contribution in [2.45, 2.75) is 38.4 Å². The Balaban J connectivity index is 2.09. The lowest BCUT2D eigenvalue weighted by molar-refractivity contribution is -0.120. The van der Waals surface area contributed by atoms with Gasteiger partial charge in [-0.2, -0.15) is 5.26 Å². The van der Waals surface area contributed by atoms with E-state index < -0.39 is 5.54 Å². The number of hydrogen-bond donors (Lipinski definition) is 1. The molecule has 1 aromatic heterocycles. The molecule has 1 amide bonds. The summed E-state index contributed by atoms with van der Waals surface area (Å²) < 4.78 is 1.91. The van der Waals surface area contributed by atoms with Crippen LogP contribution in [0.25, 0.3) is 5.69 Å². The lowest BCUT2D eigenvalue weighted by Gasteiger charge is -2.27. The number of aryl methyl sites for hydroxylation is 1. The maximum Gasteiger partial charge on any atom is 0.231 e. The molecular formula is C17H21N5OS. The first-order chi connectivity index (χ1) is 11.4. The fraction of sp³-hybridized carbons (Fsp3) is 0.412. The maximum absolute atomic E-state index is 12.2. The van der Waals surface area contributed by atoms with E-state index >= 15 is 0 Å². The van der Waals surface area contributed by atoms with Crippen molar-refractivity contribution in [2.24, 2.45) is 5.92 Å². The van der Waals surface area contributed by atoms with Crippen LogP contribution in [0, 0.1) is 24.2 Å². The van der Waals surface area contributed by atoms with Gasteiger partial charge in [0.25, 0.3) is 0 Å². The summed E-state index contributed by atoms with van der Waals surface area (Å²) in [5.41, 5.74) is 0.0765. The number of nitrogens with one attached hydrogen (secondary N) is 1. The monoisotopic (exact) mass is 343 g/mol. The topological polar surface area (TPSA) is 83.6 Å². The van der Waals surface area contributed by atoms with Gasteiger partial charge in [0.1, 0.15) is 11.4 Å². The number of amides is 1. The predicted molar refractivity (Wildman–Crippen MR) is 93.8 cm³/mol. The van der Waals surface area contributed by atoms with Crippen LogP contribution < -0.4 is 5.32 Å². The zero-order valence-corrected chi connectivity index (χ0v) is 15.1. The molecule has 0 aliphatic rings. The third-order valence-electron chi connectivity index (χ3n) is 3.93. The number of hydrogen-bond acceptors (Lipinski definition) is 5. The van der Waals surface area contributed by atoms with Gasteiger partial charge in [0.15, 0.2) is 5.16 Å². The quantitative estimate of drug-likeness (QED) is 0.815. The summed E-state index contributed by atoms with van der Waals surface area (Å²) in [6.45, 7) is 7.42. The van der Waals surface area contributed by atoms with Crippen molar-refractivity contribution in [3.05, 3.63) is 36.2 Å². The molecular weight excluding hydrogens is 322 g/mol. The van der Waals surface area contributed by atoms with Crippen LogP contribution >= 0.6 is 11.8 Å². The fourth-order valence-electron chi connectivity index (χ4n) is 2.07. The van der Waals surface area contributed by atoms with Gasteiger partial charge in [-0.05, 0) is 31.9 Å². The number of carbonyl (C=O) groups is 1. The number of rotatable bonds is 6. The number of benzene rings is 1. The van der Waals surface area contributed by atoms with Gasteiger partial charge in [-0.25, -0.2) is 0 Å². The minimum Gasteiger partial charge on any atom is -0.337 e. The SMILES string of the molecule is Cc1nnc(SCC(=O)N[C@@](C)(C#N)C(C)C)n1-c1ccccc1. The second kappa shape index (κ2) is 7.49. The molecule has 1 heterocycles. The van der Waals surface area contributed by atoms with Gasteiger partial charge in [0.2, 0.25) is 5.91 Å². The van der Waals surface area contributed by atoms with Crippen LogP contribution in [-0.4, -0.2) is 32.0 Å². The van der Waals surface area contributed by atoms with Gasteiger partial charge in [-0.15, -0.1) is 10.2 Å². The van der Waals surface area contributed by atoms with Crippen LogP contribution in [0.15, 0.2) is 35.5 Å². The van der Waals surface area contributed by atoms with Crippen molar-refractivity contribution >= 4 is 17.7 Å². The van der Waals surface area contributed by atoms with E-state index in [0.717, 1.165) is 11.5 Å². The number of aromatic nitrogens is 3. The number of carbonyl (C=O) groups excluding carboxylic acids is 1. The molecule has 1 N–H and O–H groups in total. The smallest absolute Gasteiger partial charge is 0.231 e. The summed E-state index contributed by atoms with van der Waals surface area (Å²) in [5, 5.41) is 21.0. The third kappa shape index (κ3) is 3.95. The summed E-state index contributed by atoms with van der Waals surface area (Å²) in [6, 6.07) is 11.9. The third-order valence-corrected chi connectivity index (χ3v) is 4.86. The summed E-state index contributed by atoms with van der Waals surface area (Å²) in [5.74, 6) is 0.757. The highest BCUT2D eigenvalue weighted by Gasteiger charge is 2.30. The molecule has 0 saturated heterocycles. The summed E-state index contributed by atoms with van der Waals surface area (Å²) >= 11 is 1.30.